The second-order valence-corrected chi connectivity index (χ2v) is 18.1. The van der Waals surface area contributed by atoms with Crippen LogP contribution in [-0.4, -0.2) is 64.0 Å². The van der Waals surface area contributed by atoms with Gasteiger partial charge in [-0.15, -0.1) is 0 Å². The first-order chi connectivity index (χ1) is 31.5. The van der Waals surface area contributed by atoms with E-state index in [-0.39, 0.29) is 0 Å². The molecule has 0 atom stereocenters. The molecule has 0 radical (unpaired) electrons. The molecule has 0 saturated heterocycles. The smallest absolute Gasteiger partial charge is 0.181 e. The molecule has 0 amide bonds. The summed E-state index contributed by atoms with van der Waals surface area (Å²) in [7, 11) is 0. The Bertz CT molecular complexity index is 2750. The number of aromatic nitrogens is 8. The molecule has 2 aromatic carbocycles. The fraction of sp³-hybridized carbons (Fsp3) is 0.377. The van der Waals surface area contributed by atoms with E-state index in [4.69, 9.17) is 0 Å². The van der Waals surface area contributed by atoms with Gasteiger partial charge in [-0.05, 0) is 121 Å². The van der Waals surface area contributed by atoms with Crippen molar-refractivity contribution in [3.8, 4) is 0 Å². The maximum absolute atomic E-state index is 4.62. The van der Waals surface area contributed by atoms with Crippen molar-refractivity contribution in [2.75, 3.05) is 11.9 Å². The van der Waals surface area contributed by atoms with Crippen molar-refractivity contribution in [2.45, 2.75) is 107 Å². The minimum atomic E-state index is 0.470. The number of hydrogen-bond acceptors (Lipinski definition) is 10. The van der Waals surface area contributed by atoms with Crippen LogP contribution in [0.3, 0.4) is 0 Å². The van der Waals surface area contributed by atoms with Crippen LogP contribution in [0.5, 0.6) is 0 Å². The van der Waals surface area contributed by atoms with Crippen molar-refractivity contribution >= 4 is 50.6 Å². The van der Waals surface area contributed by atoms with Crippen LogP contribution in [0.25, 0.3) is 21.9 Å². The van der Waals surface area contributed by atoms with Crippen LogP contribution in [0.1, 0.15) is 121 Å². The molecule has 11 rings (SSSR count). The van der Waals surface area contributed by atoms with E-state index in [9.17, 15) is 0 Å². The zero-order valence-electron chi connectivity index (χ0n) is 39.5. The standard InChI is InChI=1S/C14H13N3.C11H17N.C10H12N2.2C9H11N3/c1-10-5-4-6-11(9-10)15-14-12-7-2-3-8-13(12)16-17-14;1-8(2)11-10-6-4-3-5-9(10)7-12-11;1-7(2)10-9-6-11-4-3-8(9)5-12-10;1-6(2)9-7-3-10-5-12-8(7)4-11-9;1-6(2)8-7-4-3-5-10-9(7)12-11-8/h2-9H,1H3,(H2,15,16,17);8H,3-7H2,1-2H3;3-4,6-7H,5H2,1-2H3;3,5-6H,4H2,1-2H3;3-6H,1-2H3,(H,10,11,12). The Morgan fingerprint density at radius 2 is 1.32 bits per heavy atom. The lowest BCUT2D eigenvalue weighted by molar-refractivity contribution is 0.684. The van der Waals surface area contributed by atoms with Crippen LogP contribution in [0.2, 0.25) is 0 Å². The number of anilines is 2. The van der Waals surface area contributed by atoms with Crippen LogP contribution in [0.15, 0.2) is 124 Å². The van der Waals surface area contributed by atoms with E-state index in [0.717, 1.165) is 75.7 Å². The lowest BCUT2D eigenvalue weighted by Gasteiger charge is -2.16. The van der Waals surface area contributed by atoms with Crippen LogP contribution in [0, 0.1) is 24.7 Å². The van der Waals surface area contributed by atoms with Gasteiger partial charge in [0.05, 0.1) is 30.8 Å². The molecule has 12 heteroatoms. The van der Waals surface area contributed by atoms with Crippen molar-refractivity contribution in [1.82, 2.24) is 40.3 Å². The van der Waals surface area contributed by atoms with Crippen molar-refractivity contribution in [1.29, 1.82) is 0 Å². The molecule has 0 unspecified atom stereocenters. The molecule has 12 nitrogen and oxygen atoms in total. The lowest BCUT2D eigenvalue weighted by atomic mass is 9.88. The fourth-order valence-corrected chi connectivity index (χ4v) is 8.46. The summed E-state index contributed by atoms with van der Waals surface area (Å²) in [6.07, 6.45) is 14.3. The third-order valence-corrected chi connectivity index (χ3v) is 11.7. The number of aliphatic imine (C=N–C) groups is 3. The highest BCUT2D eigenvalue weighted by Crippen LogP contribution is 2.32. The summed E-state index contributed by atoms with van der Waals surface area (Å²) in [4.78, 5) is 29.9. The van der Waals surface area contributed by atoms with Gasteiger partial charge in [0.1, 0.15) is 6.33 Å². The molecular formula is C53H64N12. The Hall–Kier alpha value is -6.69. The van der Waals surface area contributed by atoms with Crippen LogP contribution in [0.4, 0.5) is 11.5 Å². The number of fused-ring (bicyclic) bond motifs is 4. The normalized spacial score (nSPS) is 14.6. The molecule has 5 aromatic heterocycles. The quantitative estimate of drug-likeness (QED) is 0.150. The minimum Gasteiger partial charge on any atom is -0.338 e. The van der Waals surface area contributed by atoms with Gasteiger partial charge in [-0.1, -0.05) is 79.7 Å². The molecule has 8 heterocycles. The van der Waals surface area contributed by atoms with Crippen LogP contribution in [-0.2, 0) is 13.1 Å². The van der Waals surface area contributed by atoms with Gasteiger partial charge < -0.3 is 5.32 Å². The Balaban J connectivity index is 0.000000122. The van der Waals surface area contributed by atoms with Gasteiger partial charge in [0.25, 0.3) is 0 Å². The minimum absolute atomic E-state index is 0.470. The van der Waals surface area contributed by atoms with Gasteiger partial charge in [-0.2, -0.15) is 10.2 Å². The number of hydrogen-bond donors (Lipinski definition) is 3. The maximum Gasteiger partial charge on any atom is 0.181 e. The Morgan fingerprint density at radius 3 is 2.11 bits per heavy atom. The van der Waals surface area contributed by atoms with Gasteiger partial charge in [-0.3, -0.25) is 30.2 Å². The zero-order chi connectivity index (χ0) is 45.9. The monoisotopic (exact) mass is 869 g/mol. The number of allylic oxidation sites excluding steroid dienone is 1. The van der Waals surface area contributed by atoms with Crippen molar-refractivity contribution in [3.63, 3.8) is 0 Å². The van der Waals surface area contributed by atoms with E-state index >= 15 is 0 Å². The summed E-state index contributed by atoms with van der Waals surface area (Å²) < 4.78 is 0. The predicted molar refractivity (Wildman–Crippen MR) is 268 cm³/mol. The molecule has 3 N–H and O–H groups in total. The van der Waals surface area contributed by atoms with E-state index in [1.54, 1.807) is 23.7 Å². The highest BCUT2D eigenvalue weighted by atomic mass is 15.2. The molecule has 0 spiro atoms. The molecule has 1 aliphatic carbocycles. The molecule has 4 aliphatic rings. The van der Waals surface area contributed by atoms with Crippen LogP contribution >= 0.6 is 0 Å². The van der Waals surface area contributed by atoms with Gasteiger partial charge in [0.15, 0.2) is 11.5 Å². The van der Waals surface area contributed by atoms with E-state index in [0.29, 0.717) is 23.7 Å². The number of aryl methyl sites for hydroxylation is 1. The average molecular weight is 869 g/mol. The Kier molecular flexibility index (Phi) is 15.5. The summed E-state index contributed by atoms with van der Waals surface area (Å²) in [5.74, 6) is 2.95. The number of para-hydroxylation sites is 1. The molecule has 0 saturated carbocycles. The zero-order valence-corrected chi connectivity index (χ0v) is 39.5. The summed E-state index contributed by atoms with van der Waals surface area (Å²) in [5, 5.41) is 20.0. The molecule has 336 valence electrons. The third-order valence-electron chi connectivity index (χ3n) is 11.7. The Labute approximate surface area is 383 Å². The van der Waals surface area contributed by atoms with E-state index in [1.165, 1.54) is 53.8 Å². The highest BCUT2D eigenvalue weighted by Gasteiger charge is 2.23. The molecule has 7 aromatic rings. The molecular weight excluding hydrogens is 805 g/mol. The molecule has 65 heavy (non-hydrogen) atoms. The van der Waals surface area contributed by atoms with Crippen molar-refractivity contribution < 1.29 is 0 Å². The van der Waals surface area contributed by atoms with E-state index in [2.05, 4.69) is 141 Å². The second-order valence-electron chi connectivity index (χ2n) is 18.1. The van der Waals surface area contributed by atoms with Gasteiger partial charge >= 0.3 is 0 Å². The van der Waals surface area contributed by atoms with Gasteiger partial charge in [-0.25, -0.2) is 15.0 Å². The lowest BCUT2D eigenvalue weighted by Crippen LogP contribution is -2.10. The second kappa shape index (κ2) is 21.8. The largest absolute Gasteiger partial charge is 0.338 e. The predicted octanol–water partition coefficient (Wildman–Crippen LogP) is 12.1. The number of nitrogens with zero attached hydrogens (tertiary/aromatic N) is 9. The van der Waals surface area contributed by atoms with Gasteiger partial charge in [0, 0.05) is 75.2 Å². The summed E-state index contributed by atoms with van der Waals surface area (Å²) in [6, 6.07) is 22.4. The number of rotatable bonds is 6. The number of benzene rings is 2. The van der Waals surface area contributed by atoms with Crippen LogP contribution < -0.4 is 5.32 Å². The summed E-state index contributed by atoms with van der Waals surface area (Å²) >= 11 is 0. The SMILES string of the molecule is CC(C)C1=NCC2=C1CCCC2.CC(C)C1=NCc2ccncc21.CC(C)C1=NCc2ncncc21.CC(C)c1[nH]nc2ncccc12.Cc1cccc(Nc2n[nH]c3ccccc23)c1. The maximum atomic E-state index is 4.62. The molecule has 0 fully saturated rings. The first kappa shape index (κ1) is 46.3. The first-order valence-corrected chi connectivity index (χ1v) is 23.1. The Morgan fingerprint density at radius 1 is 0.600 bits per heavy atom. The summed E-state index contributed by atoms with van der Waals surface area (Å²) in [5.41, 5.74) is 17.1. The number of nitrogens with one attached hydrogen (secondary N) is 3. The van der Waals surface area contributed by atoms with E-state index < -0.39 is 0 Å². The molecule has 3 aliphatic heterocycles. The number of pyridine rings is 2. The topological polar surface area (TPSA) is 158 Å². The first-order valence-electron chi connectivity index (χ1n) is 23.1. The third kappa shape index (κ3) is 11.5. The highest BCUT2D eigenvalue weighted by molar-refractivity contribution is 6.05. The molecule has 0 bridgehead atoms. The summed E-state index contributed by atoms with van der Waals surface area (Å²) in [6.45, 7) is 22.1. The number of aromatic amines is 2. The number of H-pyrrole nitrogens is 2. The average Bonchev–Trinajstić information content (AvgIpc) is 4.17. The van der Waals surface area contributed by atoms with Crippen molar-refractivity contribution in [2.24, 2.45) is 32.7 Å². The fourth-order valence-electron chi connectivity index (χ4n) is 8.46. The van der Waals surface area contributed by atoms with Crippen molar-refractivity contribution in [3.05, 3.63) is 143 Å². The van der Waals surface area contributed by atoms with E-state index in [1.807, 2.05) is 67.1 Å². The van der Waals surface area contributed by atoms with Gasteiger partial charge in [0.2, 0.25) is 0 Å².